The molecule has 1 unspecified atom stereocenters. The first-order valence-electron chi connectivity index (χ1n) is 7.14. The number of rotatable bonds is 3. The van der Waals surface area contributed by atoms with Gasteiger partial charge in [-0.1, -0.05) is 6.07 Å². The van der Waals surface area contributed by atoms with Gasteiger partial charge in [0.1, 0.15) is 0 Å². The first kappa shape index (κ1) is 13.8. The molecule has 21 heavy (non-hydrogen) atoms. The molecule has 1 N–H and O–H groups in total. The zero-order valence-electron chi connectivity index (χ0n) is 11.9. The normalized spacial score (nSPS) is 19.4. The Hall–Kier alpha value is -2.15. The summed E-state index contributed by atoms with van der Waals surface area (Å²) < 4.78 is 5.70. The molecular formula is C14H18N4O3. The predicted octanol–water partition coefficient (Wildman–Crippen LogP) is 2.31. The van der Waals surface area contributed by atoms with E-state index in [4.69, 9.17) is 4.42 Å². The highest BCUT2D eigenvalue weighted by molar-refractivity contribution is 5.84. The zero-order chi connectivity index (χ0) is 14.8. The summed E-state index contributed by atoms with van der Waals surface area (Å²) in [7, 11) is 1.94. The summed E-state index contributed by atoms with van der Waals surface area (Å²) in [6, 6.07) is 5.56. The van der Waals surface area contributed by atoms with E-state index in [1.807, 2.05) is 11.9 Å². The van der Waals surface area contributed by atoms with Gasteiger partial charge in [0.2, 0.25) is 0 Å². The SMILES string of the molecule is CN(c1nc2c([N+](=O)[O-])cccc2o1)C1CCCNCC1. The van der Waals surface area contributed by atoms with E-state index in [2.05, 4.69) is 10.3 Å². The summed E-state index contributed by atoms with van der Waals surface area (Å²) in [6.07, 6.45) is 3.18. The Morgan fingerprint density at radius 3 is 3.10 bits per heavy atom. The molecule has 1 saturated heterocycles. The van der Waals surface area contributed by atoms with E-state index in [9.17, 15) is 10.1 Å². The van der Waals surface area contributed by atoms with Gasteiger partial charge in [0, 0.05) is 19.2 Å². The number of fused-ring (bicyclic) bond motifs is 1. The molecule has 2 heterocycles. The molecule has 7 heteroatoms. The summed E-state index contributed by atoms with van der Waals surface area (Å²) in [4.78, 5) is 17.0. The second-order valence-electron chi connectivity index (χ2n) is 5.32. The topological polar surface area (TPSA) is 84.4 Å². The van der Waals surface area contributed by atoms with Crippen LogP contribution in [0.2, 0.25) is 0 Å². The Balaban J connectivity index is 1.93. The van der Waals surface area contributed by atoms with Crippen molar-refractivity contribution in [3.63, 3.8) is 0 Å². The van der Waals surface area contributed by atoms with E-state index in [1.54, 1.807) is 12.1 Å². The van der Waals surface area contributed by atoms with E-state index in [0.717, 1.165) is 32.4 Å². The van der Waals surface area contributed by atoms with Crippen molar-refractivity contribution in [3.05, 3.63) is 28.3 Å². The van der Waals surface area contributed by atoms with E-state index in [1.165, 1.54) is 6.07 Å². The van der Waals surface area contributed by atoms with Gasteiger partial charge < -0.3 is 14.6 Å². The summed E-state index contributed by atoms with van der Waals surface area (Å²) in [5, 5.41) is 14.4. The molecule has 0 aliphatic carbocycles. The van der Waals surface area contributed by atoms with Crippen LogP contribution in [-0.4, -0.2) is 36.1 Å². The third kappa shape index (κ3) is 2.69. The second-order valence-corrected chi connectivity index (χ2v) is 5.32. The Labute approximate surface area is 122 Å². The fourth-order valence-corrected chi connectivity index (χ4v) is 2.76. The first-order chi connectivity index (χ1) is 10.2. The van der Waals surface area contributed by atoms with Gasteiger partial charge in [0.15, 0.2) is 11.1 Å². The average molecular weight is 290 g/mol. The Bertz CT molecular complexity index is 647. The number of nitro benzene ring substituents is 1. The molecule has 0 radical (unpaired) electrons. The van der Waals surface area contributed by atoms with Crippen LogP contribution in [0.3, 0.4) is 0 Å². The van der Waals surface area contributed by atoms with Gasteiger partial charge in [-0.25, -0.2) is 0 Å². The van der Waals surface area contributed by atoms with E-state index in [0.29, 0.717) is 23.2 Å². The van der Waals surface area contributed by atoms with Crippen LogP contribution in [0.1, 0.15) is 19.3 Å². The molecule has 1 fully saturated rings. The summed E-state index contributed by atoms with van der Waals surface area (Å²) in [5.41, 5.74) is 0.757. The van der Waals surface area contributed by atoms with E-state index < -0.39 is 4.92 Å². The van der Waals surface area contributed by atoms with Crippen molar-refractivity contribution in [1.82, 2.24) is 10.3 Å². The Kier molecular flexibility index (Phi) is 3.74. The molecule has 1 aliphatic rings. The van der Waals surface area contributed by atoms with Gasteiger partial charge in [0.05, 0.1) is 4.92 Å². The maximum Gasteiger partial charge on any atom is 0.298 e. The standard InChI is InChI=1S/C14H18N4O3/c1-17(10-4-3-8-15-9-7-10)14-16-13-11(18(19)20)5-2-6-12(13)21-14/h2,5-6,10,15H,3-4,7-9H2,1H3. The highest BCUT2D eigenvalue weighted by Crippen LogP contribution is 2.30. The van der Waals surface area contributed by atoms with Crippen molar-refractivity contribution in [2.75, 3.05) is 25.0 Å². The first-order valence-corrected chi connectivity index (χ1v) is 7.14. The van der Waals surface area contributed by atoms with Crippen LogP contribution in [-0.2, 0) is 0 Å². The quantitative estimate of drug-likeness (QED) is 0.689. The second kappa shape index (κ2) is 5.69. The smallest absolute Gasteiger partial charge is 0.298 e. The summed E-state index contributed by atoms with van der Waals surface area (Å²) in [6.45, 7) is 2.00. The zero-order valence-corrected chi connectivity index (χ0v) is 11.9. The third-order valence-corrected chi connectivity index (χ3v) is 3.98. The fourth-order valence-electron chi connectivity index (χ4n) is 2.76. The lowest BCUT2D eigenvalue weighted by molar-refractivity contribution is -0.383. The molecule has 0 bridgehead atoms. The lowest BCUT2D eigenvalue weighted by atomic mass is 10.1. The summed E-state index contributed by atoms with van der Waals surface area (Å²) in [5.74, 6) is 0. The molecular weight excluding hydrogens is 272 g/mol. The highest BCUT2D eigenvalue weighted by atomic mass is 16.6. The minimum absolute atomic E-state index is 0.0153. The van der Waals surface area contributed by atoms with Crippen molar-refractivity contribution in [1.29, 1.82) is 0 Å². The molecule has 1 aromatic heterocycles. The fraction of sp³-hybridized carbons (Fsp3) is 0.500. The van der Waals surface area contributed by atoms with Crippen molar-refractivity contribution in [2.24, 2.45) is 0 Å². The number of hydrogen-bond donors (Lipinski definition) is 1. The number of nitro groups is 1. The van der Waals surface area contributed by atoms with Gasteiger partial charge in [0.25, 0.3) is 11.7 Å². The van der Waals surface area contributed by atoms with Gasteiger partial charge in [-0.3, -0.25) is 10.1 Å². The van der Waals surface area contributed by atoms with Gasteiger partial charge in [-0.2, -0.15) is 4.98 Å². The molecule has 7 nitrogen and oxygen atoms in total. The van der Waals surface area contributed by atoms with Gasteiger partial charge in [-0.05, 0) is 38.4 Å². The van der Waals surface area contributed by atoms with Crippen molar-refractivity contribution < 1.29 is 9.34 Å². The van der Waals surface area contributed by atoms with Crippen LogP contribution in [0, 0.1) is 10.1 Å². The van der Waals surface area contributed by atoms with Crippen LogP contribution in [0.15, 0.2) is 22.6 Å². The number of aromatic nitrogens is 1. The lowest BCUT2D eigenvalue weighted by Gasteiger charge is -2.25. The molecule has 0 spiro atoms. The number of nitrogens with one attached hydrogen (secondary N) is 1. The maximum absolute atomic E-state index is 11.0. The van der Waals surface area contributed by atoms with Gasteiger partial charge in [-0.15, -0.1) is 0 Å². The third-order valence-electron chi connectivity index (χ3n) is 3.98. The number of nitrogens with zero attached hydrogens (tertiary/aromatic N) is 3. The largest absolute Gasteiger partial charge is 0.423 e. The Morgan fingerprint density at radius 1 is 1.43 bits per heavy atom. The molecule has 3 rings (SSSR count). The van der Waals surface area contributed by atoms with Crippen LogP contribution >= 0.6 is 0 Å². The minimum Gasteiger partial charge on any atom is -0.423 e. The number of anilines is 1. The van der Waals surface area contributed by atoms with Crippen molar-refractivity contribution in [2.45, 2.75) is 25.3 Å². The highest BCUT2D eigenvalue weighted by Gasteiger charge is 2.23. The van der Waals surface area contributed by atoms with Crippen LogP contribution < -0.4 is 10.2 Å². The molecule has 2 aromatic rings. The maximum atomic E-state index is 11.0. The average Bonchev–Trinajstić information content (AvgIpc) is 2.72. The molecule has 1 aromatic carbocycles. The van der Waals surface area contributed by atoms with E-state index in [-0.39, 0.29) is 5.69 Å². The van der Waals surface area contributed by atoms with E-state index >= 15 is 0 Å². The molecule has 1 aliphatic heterocycles. The monoisotopic (exact) mass is 290 g/mol. The number of oxazole rings is 1. The van der Waals surface area contributed by atoms with Crippen molar-refractivity contribution in [3.8, 4) is 0 Å². The minimum atomic E-state index is -0.426. The van der Waals surface area contributed by atoms with Crippen LogP contribution in [0.25, 0.3) is 11.1 Å². The molecule has 112 valence electrons. The number of para-hydroxylation sites is 1. The Morgan fingerprint density at radius 2 is 2.29 bits per heavy atom. The molecule has 0 saturated carbocycles. The lowest BCUT2D eigenvalue weighted by Crippen LogP contribution is -2.32. The number of non-ortho nitro benzene ring substituents is 1. The van der Waals surface area contributed by atoms with Gasteiger partial charge >= 0.3 is 0 Å². The molecule has 1 atom stereocenters. The number of benzene rings is 1. The number of hydrogen-bond acceptors (Lipinski definition) is 6. The van der Waals surface area contributed by atoms with Crippen LogP contribution in [0.5, 0.6) is 0 Å². The molecule has 0 amide bonds. The van der Waals surface area contributed by atoms with Crippen LogP contribution in [0.4, 0.5) is 11.7 Å². The predicted molar refractivity (Wildman–Crippen MR) is 79.6 cm³/mol. The summed E-state index contributed by atoms with van der Waals surface area (Å²) >= 11 is 0. The van der Waals surface area contributed by atoms with Crippen molar-refractivity contribution >= 4 is 22.8 Å².